The van der Waals surface area contributed by atoms with E-state index in [2.05, 4.69) is 5.32 Å². The number of aliphatic hydroxyl groups excluding tert-OH is 2. The Balaban J connectivity index is 0.000000892. The average Bonchev–Trinajstić information content (AvgIpc) is 2.81. The standard InChI is InChI=1S/C24H28N4O9.H2O4S/c1-8(2)26-12-7-13(28(36)37)18(29)15-10(12)5-9-6-11-17(27(3)4)20(31)16(23(25)34)22(33)24(11,35)21(32)14(9)19(15)30;1-5(2,3)4/h7-9,11,17,26,29,31-32,35H,5-6H2,1-4H3,(H2,25,34);(H2,1,2,3,4)/t9?,11?,17-,24-;/m0./s1. The monoisotopic (exact) mass is 614 g/mol. The van der Waals surface area contributed by atoms with E-state index in [0.29, 0.717) is 0 Å². The summed E-state index contributed by atoms with van der Waals surface area (Å²) in [4.78, 5) is 51.2. The molecular weight excluding hydrogens is 584 g/mol. The normalized spacial score (nSPS) is 25.4. The zero-order valence-electron chi connectivity index (χ0n) is 22.7. The summed E-state index contributed by atoms with van der Waals surface area (Å²) in [6.07, 6.45) is -0.0558. The van der Waals surface area contributed by atoms with Gasteiger partial charge < -0.3 is 31.5 Å². The van der Waals surface area contributed by atoms with Crippen molar-refractivity contribution < 1.29 is 57.3 Å². The maximum atomic E-state index is 13.7. The molecule has 0 aliphatic heterocycles. The van der Waals surface area contributed by atoms with Crippen molar-refractivity contribution in [3.8, 4) is 5.75 Å². The molecule has 0 aromatic heterocycles. The number of rotatable bonds is 5. The Labute approximate surface area is 238 Å². The highest BCUT2D eigenvalue weighted by atomic mass is 32.3. The van der Waals surface area contributed by atoms with E-state index in [1.165, 1.54) is 19.0 Å². The van der Waals surface area contributed by atoms with Gasteiger partial charge in [-0.1, -0.05) is 0 Å². The highest BCUT2D eigenvalue weighted by Gasteiger charge is 2.63. The number of carbonyl (C=O) groups is 3. The van der Waals surface area contributed by atoms with E-state index < -0.39 is 95.9 Å². The van der Waals surface area contributed by atoms with Crippen LogP contribution in [0.1, 0.15) is 36.2 Å². The van der Waals surface area contributed by atoms with Crippen LogP contribution >= 0.6 is 0 Å². The molecule has 3 aliphatic carbocycles. The van der Waals surface area contributed by atoms with Crippen molar-refractivity contribution >= 4 is 39.2 Å². The van der Waals surface area contributed by atoms with Gasteiger partial charge in [-0.15, -0.1) is 0 Å². The second-order valence-electron chi connectivity index (χ2n) is 10.6. The molecule has 2 unspecified atom stereocenters. The van der Waals surface area contributed by atoms with Crippen LogP contribution in [0.15, 0.2) is 28.7 Å². The number of fused-ring (bicyclic) bond motifs is 3. The molecule has 3 aliphatic rings. The van der Waals surface area contributed by atoms with E-state index in [4.69, 9.17) is 23.3 Å². The van der Waals surface area contributed by atoms with Gasteiger partial charge in [-0.2, -0.15) is 8.42 Å². The van der Waals surface area contributed by atoms with Gasteiger partial charge in [0.1, 0.15) is 17.1 Å². The van der Waals surface area contributed by atoms with Crippen molar-refractivity contribution in [2.45, 2.75) is 44.4 Å². The topological polar surface area (TPSA) is 291 Å². The summed E-state index contributed by atoms with van der Waals surface area (Å²) < 4.78 is 31.6. The van der Waals surface area contributed by atoms with Gasteiger partial charge in [0.2, 0.25) is 11.5 Å². The first-order valence-corrected chi connectivity index (χ1v) is 13.7. The van der Waals surface area contributed by atoms with Crippen molar-refractivity contribution in [2.75, 3.05) is 19.4 Å². The lowest BCUT2D eigenvalue weighted by Crippen LogP contribution is -2.63. The molecule has 4 rings (SSSR count). The summed E-state index contributed by atoms with van der Waals surface area (Å²) in [6.45, 7) is 3.57. The van der Waals surface area contributed by atoms with Crippen LogP contribution in [0.25, 0.3) is 0 Å². The van der Waals surface area contributed by atoms with Gasteiger partial charge >= 0.3 is 16.1 Å². The Morgan fingerprint density at radius 1 is 1.21 bits per heavy atom. The van der Waals surface area contributed by atoms with E-state index in [1.807, 2.05) is 0 Å². The Kier molecular flexibility index (Phi) is 8.45. The first-order chi connectivity index (χ1) is 19.1. The molecule has 17 nitrogen and oxygen atoms in total. The highest BCUT2D eigenvalue weighted by molar-refractivity contribution is 7.79. The second kappa shape index (κ2) is 11.0. The van der Waals surface area contributed by atoms with Gasteiger partial charge in [-0.3, -0.25) is 38.5 Å². The molecule has 1 amide bonds. The molecule has 230 valence electrons. The number of anilines is 1. The number of carbonyl (C=O) groups excluding carboxylic acids is 3. The predicted octanol–water partition coefficient (Wildman–Crippen LogP) is 0.196. The van der Waals surface area contributed by atoms with E-state index in [-0.39, 0.29) is 30.1 Å². The molecule has 0 radical (unpaired) electrons. The van der Waals surface area contributed by atoms with Gasteiger partial charge in [0.05, 0.1) is 16.5 Å². The number of primary amides is 1. The molecular formula is C24H30N4O13S. The van der Waals surface area contributed by atoms with Crippen LogP contribution in [0.2, 0.25) is 0 Å². The number of nitro benzene ring substituents is 1. The number of nitro groups is 1. The number of ketones is 2. The van der Waals surface area contributed by atoms with Crippen LogP contribution in [-0.4, -0.2) is 97.0 Å². The number of hydrogen-bond donors (Lipinski definition) is 8. The van der Waals surface area contributed by atoms with E-state index in [1.54, 1.807) is 13.8 Å². The van der Waals surface area contributed by atoms with Crippen LogP contribution in [0.3, 0.4) is 0 Å². The third kappa shape index (κ3) is 5.41. The van der Waals surface area contributed by atoms with Crippen molar-refractivity contribution in [1.82, 2.24) is 4.90 Å². The van der Waals surface area contributed by atoms with E-state index in [0.717, 1.165) is 6.07 Å². The summed E-state index contributed by atoms with van der Waals surface area (Å²) in [5.41, 5.74) is 0.630. The molecule has 0 saturated heterocycles. The minimum Gasteiger partial charge on any atom is -0.510 e. The number of phenols is 1. The van der Waals surface area contributed by atoms with Crippen LogP contribution in [0, 0.1) is 22.0 Å². The van der Waals surface area contributed by atoms with Crippen LogP contribution < -0.4 is 11.1 Å². The third-order valence-corrected chi connectivity index (χ3v) is 7.34. The minimum absolute atomic E-state index is 0.0230. The number of aliphatic hydroxyl groups is 3. The summed E-state index contributed by atoms with van der Waals surface area (Å²) in [6, 6.07) is -0.159. The molecule has 0 heterocycles. The summed E-state index contributed by atoms with van der Waals surface area (Å²) in [5.74, 6) is -8.19. The molecule has 0 spiro atoms. The van der Waals surface area contributed by atoms with Crippen LogP contribution in [0.5, 0.6) is 5.75 Å². The van der Waals surface area contributed by atoms with Gasteiger partial charge in [-0.25, -0.2) is 0 Å². The molecule has 0 saturated carbocycles. The number of likely N-dealkylation sites (N-methyl/N-ethyl adjacent to an activating group) is 1. The lowest BCUT2D eigenvalue weighted by molar-refractivity contribution is -0.385. The van der Waals surface area contributed by atoms with Gasteiger partial charge in [0, 0.05) is 29.3 Å². The number of nitrogens with one attached hydrogen (secondary N) is 1. The van der Waals surface area contributed by atoms with Crippen molar-refractivity contribution in [3.63, 3.8) is 0 Å². The summed E-state index contributed by atoms with van der Waals surface area (Å²) in [5, 5.41) is 59.0. The number of allylic oxidation sites excluding steroid dienone is 1. The van der Waals surface area contributed by atoms with E-state index >= 15 is 0 Å². The first-order valence-electron chi connectivity index (χ1n) is 12.3. The fraction of sp³-hybridized carbons (Fsp3) is 0.458. The van der Waals surface area contributed by atoms with Gasteiger partial charge in [-0.05, 0) is 52.3 Å². The molecule has 42 heavy (non-hydrogen) atoms. The quantitative estimate of drug-likeness (QED) is 0.0722. The molecule has 4 atom stereocenters. The van der Waals surface area contributed by atoms with Crippen molar-refractivity contribution in [1.29, 1.82) is 0 Å². The molecule has 0 bridgehead atoms. The largest absolute Gasteiger partial charge is 0.510 e. The minimum atomic E-state index is -4.67. The fourth-order valence-electron chi connectivity index (χ4n) is 5.88. The molecule has 1 aromatic carbocycles. The van der Waals surface area contributed by atoms with Crippen LogP contribution in [-0.2, 0) is 26.4 Å². The maximum absolute atomic E-state index is 13.7. The van der Waals surface area contributed by atoms with Gasteiger partial charge in [0.15, 0.2) is 11.4 Å². The smallest absolute Gasteiger partial charge is 0.394 e. The summed E-state index contributed by atoms with van der Waals surface area (Å²) >= 11 is 0. The Morgan fingerprint density at radius 2 is 1.76 bits per heavy atom. The molecule has 18 heteroatoms. The zero-order chi connectivity index (χ0) is 32.2. The number of Topliss-reactive ketones (excluding diaryl/α,β-unsaturated/α-hetero) is 2. The zero-order valence-corrected chi connectivity index (χ0v) is 23.5. The fourth-order valence-corrected chi connectivity index (χ4v) is 5.88. The number of benzene rings is 1. The second-order valence-corrected chi connectivity index (χ2v) is 11.5. The number of phenolic OH excluding ortho intramolecular Hbond substituents is 1. The lowest BCUT2D eigenvalue weighted by atomic mass is 9.58. The highest BCUT2D eigenvalue weighted by Crippen LogP contribution is 2.53. The SMILES string of the molecule is CC(C)Nc1cc([N+](=O)[O-])c(O)c2c1CC1CC3[C@H](N(C)C)C(O)=C(C(N)=O)C(=O)[C@@]3(O)C(O)=C1C2=O.O=S(=O)(O)O. The Hall–Kier alpha value is -4.10. The number of aromatic hydroxyl groups is 1. The maximum Gasteiger partial charge on any atom is 0.394 e. The lowest BCUT2D eigenvalue weighted by Gasteiger charge is -2.50. The van der Waals surface area contributed by atoms with Crippen molar-refractivity contribution in [3.05, 3.63) is 50.0 Å². The summed E-state index contributed by atoms with van der Waals surface area (Å²) in [7, 11) is -1.59. The third-order valence-electron chi connectivity index (χ3n) is 7.34. The first kappa shape index (κ1) is 32.4. The molecule has 1 aromatic rings. The number of hydrogen-bond acceptors (Lipinski definition) is 13. The van der Waals surface area contributed by atoms with Crippen molar-refractivity contribution in [2.24, 2.45) is 17.6 Å². The van der Waals surface area contributed by atoms with Gasteiger partial charge in [0.25, 0.3) is 5.91 Å². The number of amides is 1. The number of nitrogens with zero attached hydrogens (tertiary/aromatic N) is 2. The number of nitrogens with two attached hydrogens (primary N) is 1. The Bertz CT molecular complexity index is 1560. The van der Waals surface area contributed by atoms with E-state index in [9.17, 15) is 44.9 Å². The predicted molar refractivity (Wildman–Crippen MR) is 143 cm³/mol. The molecule has 9 N–H and O–H groups in total. The molecule has 0 fully saturated rings. The van der Waals surface area contributed by atoms with Crippen LogP contribution in [0.4, 0.5) is 11.4 Å². The Morgan fingerprint density at radius 3 is 2.21 bits per heavy atom. The average molecular weight is 615 g/mol.